The molecule has 0 spiro atoms. The van der Waals surface area contributed by atoms with Crippen LogP contribution in [-0.2, 0) is 0 Å². The summed E-state index contributed by atoms with van der Waals surface area (Å²) in [7, 11) is 1.65. The van der Waals surface area contributed by atoms with E-state index in [0.29, 0.717) is 16.1 Å². The number of benzene rings is 2. The topological polar surface area (TPSA) is 50.2 Å². The molecular weight excluding hydrogens is 386 g/mol. The molecule has 0 aliphatic rings. The maximum Gasteiger partial charge on any atom is 0.320 e. The van der Waals surface area contributed by atoms with E-state index in [1.165, 1.54) is 4.90 Å². The highest BCUT2D eigenvalue weighted by atomic mass is 35.5. The van der Waals surface area contributed by atoms with E-state index in [2.05, 4.69) is 10.3 Å². The molecule has 3 aromatic rings. The fraction of sp³-hybridized carbons (Fsp3) is 0.300. The Morgan fingerprint density at radius 2 is 1.79 bits per heavy atom. The number of para-hydroxylation sites is 2. The van der Waals surface area contributed by atoms with Crippen molar-refractivity contribution in [3.05, 3.63) is 64.9 Å². The third-order valence-corrected chi connectivity index (χ3v) is 5.05. The van der Waals surface area contributed by atoms with E-state index in [-0.39, 0.29) is 17.9 Å². The first-order valence-electron chi connectivity index (χ1n) is 8.83. The lowest BCUT2D eigenvalue weighted by Gasteiger charge is -2.27. The second-order valence-electron chi connectivity index (χ2n) is 6.62. The number of imidazole rings is 1. The summed E-state index contributed by atoms with van der Waals surface area (Å²) in [6.45, 7) is 0.758. The maximum atomic E-state index is 13.6. The van der Waals surface area contributed by atoms with E-state index in [9.17, 15) is 13.6 Å². The number of fused-ring (bicyclic) bond motifs is 1. The van der Waals surface area contributed by atoms with Crippen molar-refractivity contribution in [3.8, 4) is 0 Å². The molecule has 0 saturated carbocycles. The molecule has 8 heteroatoms. The molecule has 148 valence electrons. The highest BCUT2D eigenvalue weighted by Gasteiger charge is 2.25. The van der Waals surface area contributed by atoms with E-state index in [0.717, 1.165) is 10.1 Å². The number of nitrogens with one attached hydrogen (secondary N) is 1. The van der Waals surface area contributed by atoms with Gasteiger partial charge in [-0.3, -0.25) is 4.57 Å². The van der Waals surface area contributed by atoms with Gasteiger partial charge in [-0.05, 0) is 43.7 Å². The summed E-state index contributed by atoms with van der Waals surface area (Å²) in [6.07, 6.45) is 0. The Balaban J connectivity index is 1.79. The van der Waals surface area contributed by atoms with Crippen molar-refractivity contribution in [1.29, 1.82) is 0 Å². The molecule has 0 fully saturated rings. The van der Waals surface area contributed by atoms with Gasteiger partial charge in [0, 0.05) is 12.1 Å². The van der Waals surface area contributed by atoms with Crippen LogP contribution in [0, 0.1) is 0 Å². The van der Waals surface area contributed by atoms with E-state index in [4.69, 9.17) is 11.6 Å². The van der Waals surface area contributed by atoms with Crippen LogP contribution < -0.4 is 5.32 Å². The number of nitrogens with zero attached hydrogens (tertiary/aromatic N) is 3. The Kier molecular flexibility index (Phi) is 5.84. The van der Waals surface area contributed by atoms with Gasteiger partial charge in [0.15, 0.2) is 0 Å². The van der Waals surface area contributed by atoms with Gasteiger partial charge in [0.05, 0.1) is 23.1 Å². The minimum absolute atomic E-state index is 0.108. The smallest absolute Gasteiger partial charge is 0.320 e. The van der Waals surface area contributed by atoms with Crippen LogP contribution in [0.5, 0.6) is 0 Å². The largest absolute Gasteiger partial charge is 0.328 e. The Morgan fingerprint density at radius 1 is 1.14 bits per heavy atom. The number of alkyl halides is 2. The monoisotopic (exact) mass is 406 g/mol. The molecule has 0 bridgehead atoms. The molecule has 3 rings (SSSR count). The molecule has 1 N–H and O–H groups in total. The first-order chi connectivity index (χ1) is 13.3. The molecule has 0 aliphatic carbocycles. The Bertz CT molecular complexity index is 974. The van der Waals surface area contributed by atoms with Gasteiger partial charge >= 0.3 is 12.6 Å². The predicted molar refractivity (Wildman–Crippen MR) is 106 cm³/mol. The zero-order chi connectivity index (χ0) is 20.4. The molecule has 2 atom stereocenters. The molecule has 0 radical (unpaired) electrons. The van der Waals surface area contributed by atoms with Crippen LogP contribution in [0.2, 0.25) is 5.02 Å². The molecule has 28 heavy (non-hydrogen) atoms. The number of carbonyl (C=O) groups excluding carboxylic acids is 1. The highest BCUT2D eigenvalue weighted by molar-refractivity contribution is 6.30. The molecular formula is C20H21ClF2N4O. The number of aromatic nitrogens is 2. The van der Waals surface area contributed by atoms with Gasteiger partial charge in [-0.1, -0.05) is 35.9 Å². The number of hydrogen-bond acceptors (Lipinski definition) is 2. The number of urea groups is 1. The zero-order valence-corrected chi connectivity index (χ0v) is 16.5. The highest BCUT2D eigenvalue weighted by Crippen LogP contribution is 2.27. The van der Waals surface area contributed by atoms with Gasteiger partial charge in [-0.15, -0.1) is 0 Å². The maximum absolute atomic E-state index is 13.6. The SMILES string of the molecule is C[C@H](c1ccc(Cl)cc1)N(C)C(=O)N[C@H](C)c1nc2ccccc2n1C(F)F. The Labute approximate surface area is 166 Å². The fourth-order valence-corrected chi connectivity index (χ4v) is 3.19. The summed E-state index contributed by atoms with van der Waals surface area (Å²) < 4.78 is 28.1. The second kappa shape index (κ2) is 8.14. The average Bonchev–Trinajstić information content (AvgIpc) is 3.07. The van der Waals surface area contributed by atoms with Crippen LogP contribution in [-0.4, -0.2) is 27.5 Å². The van der Waals surface area contributed by atoms with E-state index < -0.39 is 12.6 Å². The van der Waals surface area contributed by atoms with Crippen LogP contribution in [0.4, 0.5) is 13.6 Å². The van der Waals surface area contributed by atoms with Crippen LogP contribution in [0.1, 0.15) is 43.9 Å². The third kappa shape index (κ3) is 3.94. The molecule has 0 saturated heterocycles. The fourth-order valence-electron chi connectivity index (χ4n) is 3.07. The van der Waals surface area contributed by atoms with Crippen molar-refractivity contribution in [2.24, 2.45) is 0 Å². The summed E-state index contributed by atoms with van der Waals surface area (Å²) in [5.41, 5.74) is 1.70. The van der Waals surface area contributed by atoms with E-state index >= 15 is 0 Å². The van der Waals surface area contributed by atoms with Gasteiger partial charge in [0.25, 0.3) is 0 Å². The minimum atomic E-state index is -2.76. The molecule has 0 aliphatic heterocycles. The molecule has 1 heterocycles. The third-order valence-electron chi connectivity index (χ3n) is 4.80. The van der Waals surface area contributed by atoms with Crippen molar-refractivity contribution in [3.63, 3.8) is 0 Å². The zero-order valence-electron chi connectivity index (χ0n) is 15.7. The van der Waals surface area contributed by atoms with Crippen molar-refractivity contribution >= 4 is 28.7 Å². The van der Waals surface area contributed by atoms with Gasteiger partial charge in [0.1, 0.15) is 5.82 Å². The summed E-state index contributed by atoms with van der Waals surface area (Å²) in [4.78, 5) is 18.5. The molecule has 1 aromatic heterocycles. The van der Waals surface area contributed by atoms with Gasteiger partial charge in [-0.2, -0.15) is 8.78 Å². The summed E-state index contributed by atoms with van der Waals surface area (Å²) in [5, 5.41) is 3.37. The minimum Gasteiger partial charge on any atom is -0.328 e. The van der Waals surface area contributed by atoms with Crippen molar-refractivity contribution in [2.75, 3.05) is 7.05 Å². The predicted octanol–water partition coefficient (Wildman–Crippen LogP) is 5.55. The second-order valence-corrected chi connectivity index (χ2v) is 7.05. The molecule has 5 nitrogen and oxygen atoms in total. The Hall–Kier alpha value is -2.67. The van der Waals surface area contributed by atoms with Gasteiger partial charge in [0.2, 0.25) is 0 Å². The standard InChI is InChI=1S/C20H21ClF2N4O/c1-12(18-25-16-6-4-5-7-17(16)27(18)19(22)23)24-20(28)26(3)13(2)14-8-10-15(21)11-9-14/h4-13,19H,1-3H3,(H,24,28)/t12-,13-/m1/s1. The number of rotatable bonds is 5. The van der Waals surface area contributed by atoms with Crippen LogP contribution >= 0.6 is 11.6 Å². The molecule has 0 unspecified atom stereocenters. The van der Waals surface area contributed by atoms with Crippen LogP contribution in [0.3, 0.4) is 0 Å². The number of halogens is 3. The normalized spacial score (nSPS) is 13.5. The summed E-state index contributed by atoms with van der Waals surface area (Å²) >= 11 is 5.91. The van der Waals surface area contributed by atoms with Gasteiger partial charge < -0.3 is 10.2 Å². The average molecular weight is 407 g/mol. The summed E-state index contributed by atoms with van der Waals surface area (Å²) in [6, 6.07) is 12.6. The lowest BCUT2D eigenvalue weighted by atomic mass is 10.1. The van der Waals surface area contributed by atoms with Crippen molar-refractivity contribution < 1.29 is 13.6 Å². The molecule has 2 aromatic carbocycles. The van der Waals surface area contributed by atoms with Crippen LogP contribution in [0.15, 0.2) is 48.5 Å². The quantitative estimate of drug-likeness (QED) is 0.604. The summed E-state index contributed by atoms with van der Waals surface area (Å²) in [5.74, 6) is 0.108. The first-order valence-corrected chi connectivity index (χ1v) is 9.21. The lowest BCUT2D eigenvalue weighted by Crippen LogP contribution is -2.40. The van der Waals surface area contributed by atoms with Gasteiger partial charge in [-0.25, -0.2) is 9.78 Å². The van der Waals surface area contributed by atoms with Crippen molar-refractivity contribution in [1.82, 2.24) is 19.8 Å². The lowest BCUT2D eigenvalue weighted by molar-refractivity contribution is 0.0697. The first kappa shape index (κ1) is 20.1. The number of amides is 2. The Morgan fingerprint density at radius 3 is 2.43 bits per heavy atom. The molecule has 2 amide bonds. The van der Waals surface area contributed by atoms with Crippen molar-refractivity contribution in [2.45, 2.75) is 32.5 Å². The van der Waals surface area contributed by atoms with E-state index in [1.807, 2.05) is 19.1 Å². The number of hydrogen-bond donors (Lipinski definition) is 1. The number of carbonyl (C=O) groups is 1. The van der Waals surface area contributed by atoms with E-state index in [1.54, 1.807) is 50.4 Å². The van der Waals surface area contributed by atoms with Crippen LogP contribution in [0.25, 0.3) is 11.0 Å².